The van der Waals surface area contributed by atoms with E-state index in [1.54, 1.807) is 11.3 Å². The monoisotopic (exact) mass is 349 g/mol. The molecule has 2 atom stereocenters. The molecule has 0 spiro atoms. The van der Waals surface area contributed by atoms with Crippen molar-refractivity contribution < 1.29 is 9.59 Å². The Morgan fingerprint density at radius 1 is 1.33 bits per heavy atom. The van der Waals surface area contributed by atoms with Gasteiger partial charge in [-0.25, -0.2) is 4.79 Å². The maximum atomic E-state index is 12.4. The summed E-state index contributed by atoms with van der Waals surface area (Å²) in [4.78, 5) is 26.4. The van der Waals surface area contributed by atoms with E-state index in [0.29, 0.717) is 24.9 Å². The molecule has 0 aromatic carbocycles. The lowest BCUT2D eigenvalue weighted by molar-refractivity contribution is -0.134. The van der Waals surface area contributed by atoms with Crippen molar-refractivity contribution >= 4 is 23.3 Å². The first-order valence-electron chi connectivity index (χ1n) is 8.98. The van der Waals surface area contributed by atoms with Crippen LogP contribution in [0.3, 0.4) is 0 Å². The normalized spacial score (nSPS) is 22.5. The highest BCUT2D eigenvalue weighted by molar-refractivity contribution is 7.07. The minimum Gasteiger partial charge on any atom is -0.340 e. The van der Waals surface area contributed by atoms with Gasteiger partial charge in [0.15, 0.2) is 0 Å². The van der Waals surface area contributed by atoms with E-state index in [9.17, 15) is 9.59 Å². The second-order valence-corrected chi connectivity index (χ2v) is 7.84. The minimum absolute atomic E-state index is 0.0757. The zero-order chi connectivity index (χ0) is 16.9. The lowest BCUT2D eigenvalue weighted by atomic mass is 10.1. The Morgan fingerprint density at radius 2 is 2.12 bits per heavy atom. The zero-order valence-corrected chi connectivity index (χ0v) is 15.1. The highest BCUT2D eigenvalue weighted by Gasteiger charge is 2.32. The smallest absolute Gasteiger partial charge is 0.315 e. The molecule has 1 aromatic heterocycles. The minimum atomic E-state index is -0.128. The Hall–Kier alpha value is -1.56. The van der Waals surface area contributed by atoms with E-state index in [1.165, 1.54) is 18.4 Å². The summed E-state index contributed by atoms with van der Waals surface area (Å²) in [6.45, 7) is 4.16. The SMILES string of the molecule is CC(CNC(=O)NC1CCN(C(=O)C2CCCC2)C1)c1ccsc1. The molecule has 3 rings (SSSR count). The van der Waals surface area contributed by atoms with Crippen molar-refractivity contribution in [3.05, 3.63) is 22.4 Å². The van der Waals surface area contributed by atoms with Crippen LogP contribution in [0.25, 0.3) is 0 Å². The molecule has 1 aromatic rings. The van der Waals surface area contributed by atoms with Crippen LogP contribution < -0.4 is 10.6 Å². The maximum Gasteiger partial charge on any atom is 0.315 e. The fourth-order valence-corrected chi connectivity index (χ4v) is 4.45. The van der Waals surface area contributed by atoms with Gasteiger partial charge in [0.1, 0.15) is 0 Å². The molecule has 2 unspecified atom stereocenters. The van der Waals surface area contributed by atoms with Crippen molar-refractivity contribution in [2.75, 3.05) is 19.6 Å². The lowest BCUT2D eigenvalue weighted by Crippen LogP contribution is -2.45. The molecule has 1 saturated heterocycles. The number of carbonyl (C=O) groups excluding carboxylic acids is 2. The van der Waals surface area contributed by atoms with Gasteiger partial charge in [-0.05, 0) is 47.6 Å². The summed E-state index contributed by atoms with van der Waals surface area (Å²) in [7, 11) is 0. The van der Waals surface area contributed by atoms with Crippen molar-refractivity contribution in [1.29, 1.82) is 0 Å². The first-order valence-corrected chi connectivity index (χ1v) is 9.93. The Labute approximate surface area is 147 Å². The van der Waals surface area contributed by atoms with Crippen LogP contribution in [-0.4, -0.2) is 42.5 Å². The molecule has 0 radical (unpaired) electrons. The van der Waals surface area contributed by atoms with E-state index in [-0.39, 0.29) is 18.0 Å². The van der Waals surface area contributed by atoms with Crippen LogP contribution in [0.4, 0.5) is 4.79 Å². The number of nitrogens with zero attached hydrogens (tertiary/aromatic N) is 1. The molecule has 6 heteroatoms. The largest absolute Gasteiger partial charge is 0.340 e. The summed E-state index contributed by atoms with van der Waals surface area (Å²) in [6, 6.07) is 2.04. The molecule has 1 saturated carbocycles. The number of urea groups is 1. The molecule has 1 aliphatic heterocycles. The fourth-order valence-electron chi connectivity index (χ4n) is 3.66. The third-order valence-corrected chi connectivity index (χ3v) is 5.92. The molecule has 24 heavy (non-hydrogen) atoms. The van der Waals surface area contributed by atoms with Gasteiger partial charge >= 0.3 is 6.03 Å². The standard InChI is InChI=1S/C18H27N3O2S/c1-13(15-7-9-24-12-15)10-19-18(23)20-16-6-8-21(11-16)17(22)14-4-2-3-5-14/h7,9,12-14,16H,2-6,8,10-11H2,1H3,(H2,19,20,23). The van der Waals surface area contributed by atoms with Gasteiger partial charge in [-0.2, -0.15) is 11.3 Å². The molecule has 2 heterocycles. The van der Waals surface area contributed by atoms with Crippen LogP contribution in [0, 0.1) is 5.92 Å². The van der Waals surface area contributed by atoms with E-state index in [0.717, 1.165) is 25.8 Å². The van der Waals surface area contributed by atoms with Crippen LogP contribution in [0.5, 0.6) is 0 Å². The number of likely N-dealkylation sites (tertiary alicyclic amines) is 1. The molecular weight excluding hydrogens is 322 g/mol. The van der Waals surface area contributed by atoms with Crippen molar-refractivity contribution in [2.24, 2.45) is 5.92 Å². The van der Waals surface area contributed by atoms with Crippen molar-refractivity contribution in [3.8, 4) is 0 Å². The number of nitrogens with one attached hydrogen (secondary N) is 2. The summed E-state index contributed by atoms with van der Waals surface area (Å²) in [6.07, 6.45) is 5.28. The highest BCUT2D eigenvalue weighted by Crippen LogP contribution is 2.27. The van der Waals surface area contributed by atoms with E-state index >= 15 is 0 Å². The Bertz CT molecular complexity index is 555. The summed E-state index contributed by atoms with van der Waals surface area (Å²) in [5, 5.41) is 10.1. The predicted molar refractivity (Wildman–Crippen MR) is 96.2 cm³/mol. The molecule has 2 fully saturated rings. The number of hydrogen-bond acceptors (Lipinski definition) is 3. The average molecular weight is 350 g/mol. The quantitative estimate of drug-likeness (QED) is 0.858. The third kappa shape index (κ3) is 4.29. The molecule has 1 aliphatic carbocycles. The summed E-state index contributed by atoms with van der Waals surface area (Å²) in [5.74, 6) is 0.832. The van der Waals surface area contributed by atoms with Gasteiger partial charge in [-0.1, -0.05) is 19.8 Å². The molecule has 0 bridgehead atoms. The third-order valence-electron chi connectivity index (χ3n) is 5.22. The van der Waals surface area contributed by atoms with E-state index in [4.69, 9.17) is 0 Å². The van der Waals surface area contributed by atoms with E-state index in [2.05, 4.69) is 34.4 Å². The summed E-state index contributed by atoms with van der Waals surface area (Å²) in [5.41, 5.74) is 1.26. The number of thiophene rings is 1. The van der Waals surface area contributed by atoms with Gasteiger partial charge in [0.05, 0.1) is 0 Å². The lowest BCUT2D eigenvalue weighted by Gasteiger charge is -2.21. The van der Waals surface area contributed by atoms with Gasteiger partial charge in [0, 0.05) is 31.6 Å². The summed E-state index contributed by atoms with van der Waals surface area (Å²) < 4.78 is 0. The van der Waals surface area contributed by atoms with Gasteiger partial charge in [-0.3, -0.25) is 4.79 Å². The van der Waals surface area contributed by atoms with Crippen LogP contribution in [0.1, 0.15) is 50.5 Å². The maximum absolute atomic E-state index is 12.4. The van der Waals surface area contributed by atoms with Crippen molar-refractivity contribution in [2.45, 2.75) is 51.0 Å². The molecule has 2 N–H and O–H groups in total. The number of hydrogen-bond donors (Lipinski definition) is 2. The van der Waals surface area contributed by atoms with Crippen LogP contribution in [0.15, 0.2) is 16.8 Å². The van der Waals surface area contributed by atoms with Crippen molar-refractivity contribution in [1.82, 2.24) is 15.5 Å². The first-order chi connectivity index (χ1) is 11.6. The Morgan fingerprint density at radius 3 is 2.83 bits per heavy atom. The second-order valence-electron chi connectivity index (χ2n) is 7.06. The molecular formula is C18H27N3O2S. The Balaban J connectivity index is 1.38. The zero-order valence-electron chi connectivity index (χ0n) is 14.3. The fraction of sp³-hybridized carbons (Fsp3) is 0.667. The van der Waals surface area contributed by atoms with Gasteiger partial charge < -0.3 is 15.5 Å². The number of amides is 3. The van der Waals surface area contributed by atoms with Gasteiger partial charge in [-0.15, -0.1) is 0 Å². The Kier molecular flexibility index (Phi) is 5.76. The van der Waals surface area contributed by atoms with Crippen LogP contribution >= 0.6 is 11.3 Å². The average Bonchev–Trinajstić information content (AvgIpc) is 3.33. The first kappa shape index (κ1) is 17.3. The number of rotatable bonds is 5. The van der Waals surface area contributed by atoms with Gasteiger partial charge in [0.25, 0.3) is 0 Å². The van der Waals surface area contributed by atoms with E-state index in [1.807, 2.05) is 4.90 Å². The molecule has 5 nitrogen and oxygen atoms in total. The molecule has 2 aliphatic rings. The van der Waals surface area contributed by atoms with Crippen LogP contribution in [-0.2, 0) is 4.79 Å². The van der Waals surface area contributed by atoms with Gasteiger partial charge in [0.2, 0.25) is 5.91 Å². The predicted octanol–water partition coefficient (Wildman–Crippen LogP) is 2.94. The summed E-state index contributed by atoms with van der Waals surface area (Å²) >= 11 is 1.68. The molecule has 3 amide bonds. The second kappa shape index (κ2) is 8.01. The van der Waals surface area contributed by atoms with Crippen molar-refractivity contribution in [3.63, 3.8) is 0 Å². The number of carbonyl (C=O) groups is 2. The van der Waals surface area contributed by atoms with Crippen LogP contribution in [0.2, 0.25) is 0 Å². The van der Waals surface area contributed by atoms with E-state index < -0.39 is 0 Å². The highest BCUT2D eigenvalue weighted by atomic mass is 32.1. The molecule has 132 valence electrons. The topological polar surface area (TPSA) is 61.4 Å².